The first-order valence-corrected chi connectivity index (χ1v) is 9.95. The SMILES string of the molecule is CC(C)CNC(=O)C1CCN(C2CCCN(C(=O)O)C(C(C)F)C2)CC1. The lowest BCUT2D eigenvalue weighted by atomic mass is 9.92. The molecule has 2 rings (SSSR count). The largest absolute Gasteiger partial charge is 0.465 e. The lowest BCUT2D eigenvalue weighted by molar-refractivity contribution is -0.126. The van der Waals surface area contributed by atoms with E-state index in [1.165, 1.54) is 11.8 Å². The number of carboxylic acid groups (broad SMARTS) is 1. The van der Waals surface area contributed by atoms with Crippen molar-refractivity contribution < 1.29 is 19.1 Å². The van der Waals surface area contributed by atoms with Gasteiger partial charge in [-0.1, -0.05) is 13.8 Å². The van der Waals surface area contributed by atoms with Crippen LogP contribution in [0.5, 0.6) is 0 Å². The van der Waals surface area contributed by atoms with Gasteiger partial charge in [0.15, 0.2) is 0 Å². The molecule has 2 aliphatic heterocycles. The number of hydrogen-bond donors (Lipinski definition) is 2. The van der Waals surface area contributed by atoms with Crippen molar-refractivity contribution >= 4 is 12.0 Å². The van der Waals surface area contributed by atoms with Gasteiger partial charge in [0.1, 0.15) is 6.17 Å². The van der Waals surface area contributed by atoms with E-state index in [1.807, 2.05) is 0 Å². The molecule has 2 amide bonds. The number of hydrogen-bond acceptors (Lipinski definition) is 3. The van der Waals surface area contributed by atoms with Gasteiger partial charge in [0.2, 0.25) is 5.91 Å². The highest BCUT2D eigenvalue weighted by atomic mass is 19.1. The third kappa shape index (κ3) is 5.56. The monoisotopic (exact) mass is 371 g/mol. The first kappa shape index (κ1) is 20.9. The number of piperidine rings is 1. The summed E-state index contributed by atoms with van der Waals surface area (Å²) in [7, 11) is 0. The topological polar surface area (TPSA) is 72.9 Å². The number of carbonyl (C=O) groups is 2. The average molecular weight is 371 g/mol. The third-order valence-corrected chi connectivity index (χ3v) is 5.73. The Bertz CT molecular complexity index is 479. The first-order valence-electron chi connectivity index (χ1n) is 9.95. The summed E-state index contributed by atoms with van der Waals surface area (Å²) in [5.41, 5.74) is 0. The van der Waals surface area contributed by atoms with Gasteiger partial charge in [-0.05, 0) is 58.0 Å². The molecule has 0 aromatic rings. The van der Waals surface area contributed by atoms with Gasteiger partial charge in [-0.25, -0.2) is 9.18 Å². The molecule has 3 unspecified atom stereocenters. The van der Waals surface area contributed by atoms with Crippen LogP contribution in [0, 0.1) is 11.8 Å². The van der Waals surface area contributed by atoms with Gasteiger partial charge in [0.25, 0.3) is 0 Å². The molecular formula is C19H34FN3O3. The van der Waals surface area contributed by atoms with Gasteiger partial charge in [0, 0.05) is 25.0 Å². The third-order valence-electron chi connectivity index (χ3n) is 5.73. The van der Waals surface area contributed by atoms with Crippen LogP contribution in [0.25, 0.3) is 0 Å². The van der Waals surface area contributed by atoms with Crippen LogP contribution in [-0.2, 0) is 4.79 Å². The zero-order chi connectivity index (χ0) is 19.3. The fraction of sp³-hybridized carbons (Fsp3) is 0.895. The minimum atomic E-state index is -1.17. The molecule has 150 valence electrons. The molecule has 0 saturated carbocycles. The molecule has 0 radical (unpaired) electrons. The normalized spacial score (nSPS) is 27.2. The van der Waals surface area contributed by atoms with E-state index in [4.69, 9.17) is 0 Å². The van der Waals surface area contributed by atoms with Crippen LogP contribution in [0.1, 0.15) is 52.9 Å². The van der Waals surface area contributed by atoms with Gasteiger partial charge in [0.05, 0.1) is 6.04 Å². The van der Waals surface area contributed by atoms with Gasteiger partial charge in [-0.15, -0.1) is 0 Å². The smallest absolute Gasteiger partial charge is 0.407 e. The predicted octanol–water partition coefficient (Wildman–Crippen LogP) is 2.73. The first-order chi connectivity index (χ1) is 12.3. The minimum absolute atomic E-state index is 0.0576. The molecule has 0 aromatic carbocycles. The molecule has 2 aliphatic rings. The molecule has 2 saturated heterocycles. The second kappa shape index (κ2) is 9.53. The Morgan fingerprint density at radius 2 is 1.81 bits per heavy atom. The van der Waals surface area contributed by atoms with Crippen molar-refractivity contribution in [2.45, 2.75) is 71.1 Å². The Morgan fingerprint density at radius 3 is 2.35 bits per heavy atom. The summed E-state index contributed by atoms with van der Waals surface area (Å²) < 4.78 is 14.1. The summed E-state index contributed by atoms with van der Waals surface area (Å²) in [6.45, 7) is 8.38. The van der Waals surface area contributed by atoms with Crippen molar-refractivity contribution in [3.05, 3.63) is 0 Å². The van der Waals surface area contributed by atoms with E-state index in [1.54, 1.807) is 0 Å². The Labute approximate surface area is 156 Å². The van der Waals surface area contributed by atoms with Crippen molar-refractivity contribution in [2.75, 3.05) is 26.2 Å². The van der Waals surface area contributed by atoms with Crippen LogP contribution in [-0.4, -0.2) is 71.3 Å². The summed E-state index contributed by atoms with van der Waals surface area (Å²) >= 11 is 0. The zero-order valence-corrected chi connectivity index (χ0v) is 16.3. The van der Waals surface area contributed by atoms with Crippen molar-refractivity contribution in [1.82, 2.24) is 15.1 Å². The van der Waals surface area contributed by atoms with E-state index in [0.29, 0.717) is 25.4 Å². The number of rotatable bonds is 5. The Morgan fingerprint density at radius 1 is 1.15 bits per heavy atom. The van der Waals surface area contributed by atoms with E-state index in [-0.39, 0.29) is 17.9 Å². The molecule has 26 heavy (non-hydrogen) atoms. The maximum atomic E-state index is 14.1. The fourth-order valence-corrected chi connectivity index (χ4v) is 4.17. The molecule has 2 heterocycles. The summed E-state index contributed by atoms with van der Waals surface area (Å²) in [6, 6.07) is -0.380. The second-order valence-electron chi connectivity index (χ2n) is 8.20. The van der Waals surface area contributed by atoms with Gasteiger partial charge >= 0.3 is 6.09 Å². The van der Waals surface area contributed by atoms with Gasteiger partial charge < -0.3 is 20.2 Å². The lowest BCUT2D eigenvalue weighted by Crippen LogP contribution is -2.49. The maximum absolute atomic E-state index is 14.1. The van der Waals surface area contributed by atoms with Crippen molar-refractivity contribution in [2.24, 2.45) is 11.8 Å². The quantitative estimate of drug-likeness (QED) is 0.779. The summed E-state index contributed by atoms with van der Waals surface area (Å²) in [6.07, 6.45) is 1.62. The molecule has 0 spiro atoms. The van der Waals surface area contributed by atoms with Crippen molar-refractivity contribution in [3.8, 4) is 0 Å². The Balaban J connectivity index is 1.90. The van der Waals surface area contributed by atoms with Crippen LogP contribution >= 0.6 is 0 Å². The number of carbonyl (C=O) groups excluding carboxylic acids is 1. The number of alkyl halides is 1. The summed E-state index contributed by atoms with van der Waals surface area (Å²) in [5, 5.41) is 12.4. The highest BCUT2D eigenvalue weighted by molar-refractivity contribution is 5.78. The molecular weight excluding hydrogens is 337 g/mol. The highest BCUT2D eigenvalue weighted by Crippen LogP contribution is 2.28. The highest BCUT2D eigenvalue weighted by Gasteiger charge is 2.36. The average Bonchev–Trinajstić information content (AvgIpc) is 2.83. The number of likely N-dealkylation sites (tertiary alicyclic amines) is 2. The fourth-order valence-electron chi connectivity index (χ4n) is 4.17. The Hall–Kier alpha value is -1.37. The minimum Gasteiger partial charge on any atom is -0.465 e. The number of nitrogens with one attached hydrogen (secondary N) is 1. The molecule has 2 N–H and O–H groups in total. The molecule has 7 heteroatoms. The van der Waals surface area contributed by atoms with Gasteiger partial charge in [-0.3, -0.25) is 4.79 Å². The van der Waals surface area contributed by atoms with Crippen LogP contribution in [0.2, 0.25) is 0 Å². The summed E-state index contributed by atoms with van der Waals surface area (Å²) in [5.74, 6) is 0.649. The zero-order valence-electron chi connectivity index (χ0n) is 16.3. The summed E-state index contributed by atoms with van der Waals surface area (Å²) in [4.78, 5) is 27.3. The maximum Gasteiger partial charge on any atom is 0.407 e. The molecule has 2 fully saturated rings. The number of amides is 2. The molecule has 3 atom stereocenters. The van der Waals surface area contributed by atoms with Crippen molar-refractivity contribution in [3.63, 3.8) is 0 Å². The van der Waals surface area contributed by atoms with E-state index < -0.39 is 18.3 Å². The van der Waals surface area contributed by atoms with E-state index in [0.717, 1.165) is 38.8 Å². The van der Waals surface area contributed by atoms with E-state index in [9.17, 15) is 19.1 Å². The van der Waals surface area contributed by atoms with Gasteiger partial charge in [-0.2, -0.15) is 0 Å². The lowest BCUT2D eigenvalue weighted by Gasteiger charge is -2.38. The van der Waals surface area contributed by atoms with Crippen LogP contribution in [0.3, 0.4) is 0 Å². The van der Waals surface area contributed by atoms with E-state index in [2.05, 4.69) is 24.1 Å². The van der Waals surface area contributed by atoms with Crippen LogP contribution in [0.4, 0.5) is 9.18 Å². The van der Waals surface area contributed by atoms with Crippen molar-refractivity contribution in [1.29, 1.82) is 0 Å². The predicted molar refractivity (Wildman–Crippen MR) is 98.9 cm³/mol. The molecule has 6 nitrogen and oxygen atoms in total. The standard InChI is InChI=1S/C19H34FN3O3/c1-13(2)12-21-18(24)15-6-9-22(10-7-15)16-5-4-8-23(19(25)26)17(11-16)14(3)20/h13-17H,4-12H2,1-3H3,(H,21,24)(H,25,26). The van der Waals surface area contributed by atoms with E-state index >= 15 is 0 Å². The van der Waals surface area contributed by atoms with Crippen LogP contribution < -0.4 is 5.32 Å². The Kier molecular flexibility index (Phi) is 7.68. The number of halogens is 1. The molecule has 0 aliphatic carbocycles. The molecule has 0 bridgehead atoms. The second-order valence-corrected chi connectivity index (χ2v) is 8.20. The molecule has 0 aromatic heterocycles. The number of nitrogens with zero attached hydrogens (tertiary/aromatic N) is 2. The van der Waals surface area contributed by atoms with Crippen LogP contribution in [0.15, 0.2) is 0 Å².